The molecular weight excluding hydrogens is 375 g/mol. The maximum atomic E-state index is 12.5. The number of halogens is 2. The standard InChI is InChI=1S/C14H18ClIN2O/c1-9-4-5-18(11(6-9)8-17)14(19)10-2-3-13(16)12(15)7-10/h2-3,7,9,11H,4-6,8,17H2,1H3. The third-order valence-electron chi connectivity index (χ3n) is 3.68. The molecule has 1 aromatic carbocycles. The average Bonchev–Trinajstić information content (AvgIpc) is 2.41. The first kappa shape index (κ1) is 15.1. The van der Waals surface area contributed by atoms with Gasteiger partial charge in [-0.2, -0.15) is 0 Å². The van der Waals surface area contributed by atoms with Crippen LogP contribution in [0.5, 0.6) is 0 Å². The maximum Gasteiger partial charge on any atom is 0.254 e. The van der Waals surface area contributed by atoms with Gasteiger partial charge in [-0.1, -0.05) is 18.5 Å². The molecule has 1 amide bonds. The Balaban J connectivity index is 2.20. The minimum Gasteiger partial charge on any atom is -0.334 e. The molecule has 1 aliphatic heterocycles. The predicted octanol–water partition coefficient (Wildman–Crippen LogP) is 3.14. The zero-order chi connectivity index (χ0) is 14.0. The van der Waals surface area contributed by atoms with Crippen molar-refractivity contribution in [2.75, 3.05) is 13.1 Å². The smallest absolute Gasteiger partial charge is 0.254 e. The van der Waals surface area contributed by atoms with E-state index in [1.807, 2.05) is 17.0 Å². The topological polar surface area (TPSA) is 46.3 Å². The van der Waals surface area contributed by atoms with E-state index in [0.717, 1.165) is 23.0 Å². The Labute approximate surface area is 132 Å². The molecule has 2 rings (SSSR count). The fourth-order valence-corrected chi connectivity index (χ4v) is 3.05. The van der Waals surface area contributed by atoms with E-state index in [1.54, 1.807) is 6.07 Å². The number of piperidine rings is 1. The molecule has 0 bridgehead atoms. The van der Waals surface area contributed by atoms with Gasteiger partial charge in [-0.3, -0.25) is 4.79 Å². The van der Waals surface area contributed by atoms with Crippen molar-refractivity contribution in [2.45, 2.75) is 25.8 Å². The third kappa shape index (κ3) is 3.41. The summed E-state index contributed by atoms with van der Waals surface area (Å²) < 4.78 is 0.957. The summed E-state index contributed by atoms with van der Waals surface area (Å²) >= 11 is 8.24. The van der Waals surface area contributed by atoms with Crippen LogP contribution in [0.25, 0.3) is 0 Å². The van der Waals surface area contributed by atoms with E-state index in [4.69, 9.17) is 17.3 Å². The molecule has 1 aliphatic rings. The summed E-state index contributed by atoms with van der Waals surface area (Å²) in [7, 11) is 0. The molecule has 3 nitrogen and oxygen atoms in total. The first-order valence-electron chi connectivity index (χ1n) is 6.49. The van der Waals surface area contributed by atoms with Gasteiger partial charge < -0.3 is 10.6 Å². The monoisotopic (exact) mass is 392 g/mol. The normalized spacial score (nSPS) is 23.5. The first-order valence-corrected chi connectivity index (χ1v) is 7.94. The predicted molar refractivity (Wildman–Crippen MR) is 86.4 cm³/mol. The van der Waals surface area contributed by atoms with E-state index in [-0.39, 0.29) is 11.9 Å². The molecular formula is C14H18ClIN2O. The van der Waals surface area contributed by atoms with Crippen molar-refractivity contribution in [3.63, 3.8) is 0 Å². The summed E-state index contributed by atoms with van der Waals surface area (Å²) in [5.74, 6) is 0.679. The number of rotatable bonds is 2. The largest absolute Gasteiger partial charge is 0.334 e. The van der Waals surface area contributed by atoms with Crippen molar-refractivity contribution in [3.8, 4) is 0 Å². The van der Waals surface area contributed by atoms with Gasteiger partial charge in [-0.15, -0.1) is 0 Å². The number of benzene rings is 1. The van der Waals surface area contributed by atoms with E-state index < -0.39 is 0 Å². The molecule has 2 N–H and O–H groups in total. The second-order valence-corrected chi connectivity index (χ2v) is 6.72. The Morgan fingerprint density at radius 2 is 2.32 bits per heavy atom. The molecule has 1 saturated heterocycles. The van der Waals surface area contributed by atoms with Gasteiger partial charge in [0, 0.05) is 28.3 Å². The number of carbonyl (C=O) groups is 1. The van der Waals surface area contributed by atoms with E-state index in [9.17, 15) is 4.79 Å². The van der Waals surface area contributed by atoms with Crippen LogP contribution in [0.2, 0.25) is 5.02 Å². The molecule has 1 fully saturated rings. The second kappa shape index (κ2) is 6.41. The molecule has 0 saturated carbocycles. The van der Waals surface area contributed by atoms with E-state index in [2.05, 4.69) is 29.5 Å². The van der Waals surface area contributed by atoms with Crippen LogP contribution in [0.4, 0.5) is 0 Å². The highest BCUT2D eigenvalue weighted by Crippen LogP contribution is 2.25. The van der Waals surface area contributed by atoms with Gasteiger partial charge in [0.25, 0.3) is 5.91 Å². The maximum absolute atomic E-state index is 12.5. The summed E-state index contributed by atoms with van der Waals surface area (Å²) in [4.78, 5) is 14.4. The highest BCUT2D eigenvalue weighted by Gasteiger charge is 2.29. The van der Waals surface area contributed by atoms with Gasteiger partial charge in [-0.05, 0) is 59.5 Å². The minimum absolute atomic E-state index is 0.0423. The van der Waals surface area contributed by atoms with Crippen LogP contribution in [0.3, 0.4) is 0 Å². The lowest BCUT2D eigenvalue weighted by Crippen LogP contribution is -2.49. The van der Waals surface area contributed by atoms with Gasteiger partial charge >= 0.3 is 0 Å². The van der Waals surface area contributed by atoms with Crippen molar-refractivity contribution in [1.82, 2.24) is 4.90 Å². The summed E-state index contributed by atoms with van der Waals surface area (Å²) in [6.07, 6.45) is 2.03. The summed E-state index contributed by atoms with van der Waals surface area (Å²) in [5.41, 5.74) is 6.46. The lowest BCUT2D eigenvalue weighted by molar-refractivity contribution is 0.0573. The van der Waals surface area contributed by atoms with Crippen LogP contribution in [0.1, 0.15) is 30.1 Å². The van der Waals surface area contributed by atoms with Crippen LogP contribution in [0, 0.1) is 9.49 Å². The minimum atomic E-state index is 0.0423. The van der Waals surface area contributed by atoms with Crippen LogP contribution in [0.15, 0.2) is 18.2 Å². The summed E-state index contributed by atoms with van der Waals surface area (Å²) in [6, 6.07) is 5.60. The average molecular weight is 393 g/mol. The van der Waals surface area contributed by atoms with Crippen molar-refractivity contribution in [1.29, 1.82) is 0 Å². The Bertz CT molecular complexity index is 481. The molecule has 1 heterocycles. The van der Waals surface area contributed by atoms with Gasteiger partial charge in [0.05, 0.1) is 5.02 Å². The molecule has 2 atom stereocenters. The number of nitrogens with zero attached hydrogens (tertiary/aromatic N) is 1. The fourth-order valence-electron chi connectivity index (χ4n) is 2.54. The summed E-state index contributed by atoms with van der Waals surface area (Å²) in [6.45, 7) is 3.52. The Morgan fingerprint density at radius 3 is 2.95 bits per heavy atom. The van der Waals surface area contributed by atoms with Gasteiger partial charge in [0.2, 0.25) is 0 Å². The van der Waals surface area contributed by atoms with Crippen LogP contribution in [-0.4, -0.2) is 29.9 Å². The molecule has 0 radical (unpaired) electrons. The van der Waals surface area contributed by atoms with Crippen LogP contribution in [-0.2, 0) is 0 Å². The van der Waals surface area contributed by atoms with E-state index in [1.165, 1.54) is 0 Å². The Hall–Kier alpha value is -0.330. The zero-order valence-electron chi connectivity index (χ0n) is 10.9. The van der Waals surface area contributed by atoms with Crippen molar-refractivity contribution >= 4 is 40.1 Å². The molecule has 5 heteroatoms. The zero-order valence-corrected chi connectivity index (χ0v) is 13.8. The Kier molecular flexibility index (Phi) is 5.09. The van der Waals surface area contributed by atoms with Crippen molar-refractivity contribution in [3.05, 3.63) is 32.4 Å². The number of nitrogens with two attached hydrogens (primary N) is 1. The van der Waals surface area contributed by atoms with E-state index in [0.29, 0.717) is 23.0 Å². The van der Waals surface area contributed by atoms with Crippen molar-refractivity contribution < 1.29 is 4.79 Å². The highest BCUT2D eigenvalue weighted by atomic mass is 127. The molecule has 104 valence electrons. The molecule has 0 spiro atoms. The number of hydrogen-bond acceptors (Lipinski definition) is 2. The van der Waals surface area contributed by atoms with Gasteiger partial charge in [-0.25, -0.2) is 0 Å². The molecule has 0 aromatic heterocycles. The van der Waals surface area contributed by atoms with Gasteiger partial charge in [0.15, 0.2) is 0 Å². The van der Waals surface area contributed by atoms with Crippen LogP contribution < -0.4 is 5.73 Å². The fraction of sp³-hybridized carbons (Fsp3) is 0.500. The van der Waals surface area contributed by atoms with E-state index >= 15 is 0 Å². The van der Waals surface area contributed by atoms with Crippen LogP contribution >= 0.6 is 34.2 Å². The van der Waals surface area contributed by atoms with Gasteiger partial charge in [0.1, 0.15) is 0 Å². The molecule has 19 heavy (non-hydrogen) atoms. The molecule has 1 aromatic rings. The quantitative estimate of drug-likeness (QED) is 0.786. The highest BCUT2D eigenvalue weighted by molar-refractivity contribution is 14.1. The second-order valence-electron chi connectivity index (χ2n) is 5.15. The number of amides is 1. The lowest BCUT2D eigenvalue weighted by atomic mass is 9.92. The summed E-state index contributed by atoms with van der Waals surface area (Å²) in [5, 5.41) is 0.626. The SMILES string of the molecule is CC1CCN(C(=O)c2ccc(I)c(Cl)c2)C(CN)C1. The molecule has 2 unspecified atom stereocenters. The third-order valence-corrected chi connectivity index (χ3v) is 5.25. The molecule has 0 aliphatic carbocycles. The Morgan fingerprint density at radius 1 is 1.58 bits per heavy atom. The number of hydrogen-bond donors (Lipinski definition) is 1. The number of likely N-dealkylation sites (tertiary alicyclic amines) is 1. The number of carbonyl (C=O) groups excluding carboxylic acids is 1. The van der Waals surface area contributed by atoms with Crippen molar-refractivity contribution in [2.24, 2.45) is 11.7 Å². The first-order chi connectivity index (χ1) is 9.02. The lowest BCUT2D eigenvalue weighted by Gasteiger charge is -2.38.